The SMILES string of the molecule is CCc1ccc(-c2[nH]c3c(Cl)cc(Br)cc3c2CCCCN)cc1. The van der Waals surface area contributed by atoms with Gasteiger partial charge < -0.3 is 10.7 Å². The minimum absolute atomic E-state index is 0.730. The van der Waals surface area contributed by atoms with Crippen molar-refractivity contribution in [2.45, 2.75) is 32.6 Å². The molecule has 0 bridgehead atoms. The van der Waals surface area contributed by atoms with Crippen LogP contribution in [0.5, 0.6) is 0 Å². The van der Waals surface area contributed by atoms with Crippen molar-refractivity contribution in [3.63, 3.8) is 0 Å². The fraction of sp³-hybridized carbons (Fsp3) is 0.300. The number of hydrogen-bond acceptors (Lipinski definition) is 1. The molecule has 0 saturated heterocycles. The summed E-state index contributed by atoms with van der Waals surface area (Å²) < 4.78 is 1.01. The topological polar surface area (TPSA) is 41.8 Å². The van der Waals surface area contributed by atoms with E-state index < -0.39 is 0 Å². The van der Waals surface area contributed by atoms with Crippen LogP contribution in [0.1, 0.15) is 30.9 Å². The largest absolute Gasteiger partial charge is 0.353 e. The number of nitrogens with two attached hydrogens (primary N) is 1. The van der Waals surface area contributed by atoms with Gasteiger partial charge in [0.05, 0.1) is 10.5 Å². The van der Waals surface area contributed by atoms with E-state index in [1.165, 1.54) is 27.8 Å². The van der Waals surface area contributed by atoms with Crippen molar-refractivity contribution < 1.29 is 0 Å². The number of nitrogens with one attached hydrogen (secondary N) is 1. The minimum Gasteiger partial charge on any atom is -0.353 e. The number of benzene rings is 2. The Labute approximate surface area is 156 Å². The van der Waals surface area contributed by atoms with Crippen molar-refractivity contribution in [2.75, 3.05) is 6.54 Å². The number of halogens is 2. The standard InChI is InChI=1S/C20H22BrClN2/c1-2-13-6-8-14(9-7-13)19-16(5-3-4-10-23)17-11-15(21)12-18(22)20(17)24-19/h6-9,11-12,24H,2-5,10,23H2,1H3. The minimum atomic E-state index is 0.730. The van der Waals surface area contributed by atoms with Crippen LogP contribution in [0, 0.1) is 0 Å². The second-order valence-electron chi connectivity index (χ2n) is 6.08. The van der Waals surface area contributed by atoms with Crippen LogP contribution >= 0.6 is 27.5 Å². The zero-order chi connectivity index (χ0) is 17.1. The second kappa shape index (κ2) is 7.73. The van der Waals surface area contributed by atoms with Gasteiger partial charge in [0.1, 0.15) is 0 Å². The number of fused-ring (bicyclic) bond motifs is 1. The summed E-state index contributed by atoms with van der Waals surface area (Å²) >= 11 is 10.0. The molecule has 126 valence electrons. The van der Waals surface area contributed by atoms with Crippen LogP contribution in [0.25, 0.3) is 22.2 Å². The predicted octanol–water partition coefficient (Wildman–Crippen LogP) is 6.09. The van der Waals surface area contributed by atoms with Crippen LogP contribution in [0.15, 0.2) is 40.9 Å². The van der Waals surface area contributed by atoms with Crippen LogP contribution in [-0.2, 0) is 12.8 Å². The summed E-state index contributed by atoms with van der Waals surface area (Å²) in [5.74, 6) is 0. The number of hydrogen-bond donors (Lipinski definition) is 2. The number of aromatic amines is 1. The van der Waals surface area contributed by atoms with E-state index in [9.17, 15) is 0 Å². The first kappa shape index (κ1) is 17.5. The van der Waals surface area contributed by atoms with Crippen molar-refractivity contribution in [3.8, 4) is 11.3 Å². The Kier molecular flexibility index (Phi) is 5.65. The maximum atomic E-state index is 6.46. The second-order valence-corrected chi connectivity index (χ2v) is 7.41. The van der Waals surface area contributed by atoms with E-state index in [4.69, 9.17) is 17.3 Å². The van der Waals surface area contributed by atoms with Crippen molar-refractivity contribution in [1.29, 1.82) is 0 Å². The molecule has 0 atom stereocenters. The zero-order valence-corrected chi connectivity index (χ0v) is 16.2. The Bertz CT molecular complexity index is 837. The van der Waals surface area contributed by atoms with Gasteiger partial charge in [-0.3, -0.25) is 0 Å². The van der Waals surface area contributed by atoms with Crippen molar-refractivity contribution >= 4 is 38.4 Å². The molecule has 3 rings (SSSR count). The van der Waals surface area contributed by atoms with Gasteiger partial charge in [-0.05, 0) is 61.1 Å². The van der Waals surface area contributed by atoms with Gasteiger partial charge in [0, 0.05) is 15.6 Å². The van der Waals surface area contributed by atoms with E-state index in [1.807, 2.05) is 6.07 Å². The summed E-state index contributed by atoms with van der Waals surface area (Å²) in [5.41, 5.74) is 11.7. The Morgan fingerprint density at radius 3 is 2.54 bits per heavy atom. The van der Waals surface area contributed by atoms with Gasteiger partial charge in [-0.15, -0.1) is 0 Å². The molecule has 2 aromatic carbocycles. The van der Waals surface area contributed by atoms with E-state index in [0.29, 0.717) is 0 Å². The van der Waals surface area contributed by atoms with Gasteiger partial charge in [-0.1, -0.05) is 58.7 Å². The fourth-order valence-electron chi connectivity index (χ4n) is 3.13. The fourth-order valence-corrected chi connectivity index (χ4v) is 3.99. The first-order valence-electron chi connectivity index (χ1n) is 8.43. The molecular formula is C20H22BrClN2. The normalized spacial score (nSPS) is 11.3. The molecule has 24 heavy (non-hydrogen) atoms. The summed E-state index contributed by atoms with van der Waals surface area (Å²) in [6.45, 7) is 2.90. The summed E-state index contributed by atoms with van der Waals surface area (Å²) in [5, 5.41) is 1.94. The molecule has 0 aliphatic heterocycles. The average molecular weight is 406 g/mol. The lowest BCUT2D eigenvalue weighted by molar-refractivity contribution is 0.748. The molecular weight excluding hydrogens is 384 g/mol. The summed E-state index contributed by atoms with van der Waals surface area (Å²) in [6, 6.07) is 12.9. The smallest absolute Gasteiger partial charge is 0.0658 e. The van der Waals surface area contributed by atoms with E-state index in [2.05, 4.69) is 58.2 Å². The van der Waals surface area contributed by atoms with E-state index >= 15 is 0 Å². The Morgan fingerprint density at radius 1 is 1.12 bits per heavy atom. The van der Waals surface area contributed by atoms with Gasteiger partial charge in [0.15, 0.2) is 0 Å². The molecule has 0 fully saturated rings. The third-order valence-electron chi connectivity index (χ3n) is 4.46. The van der Waals surface area contributed by atoms with Gasteiger partial charge in [0.2, 0.25) is 0 Å². The lowest BCUT2D eigenvalue weighted by atomic mass is 9.99. The molecule has 3 aromatic rings. The molecule has 0 aliphatic carbocycles. The molecule has 1 heterocycles. The number of H-pyrrole nitrogens is 1. The zero-order valence-electron chi connectivity index (χ0n) is 13.8. The average Bonchev–Trinajstić information content (AvgIpc) is 2.94. The van der Waals surface area contributed by atoms with Gasteiger partial charge in [-0.2, -0.15) is 0 Å². The first-order valence-corrected chi connectivity index (χ1v) is 9.60. The maximum Gasteiger partial charge on any atom is 0.0658 e. The molecule has 2 nitrogen and oxygen atoms in total. The number of rotatable bonds is 6. The number of aryl methyl sites for hydroxylation is 2. The molecule has 0 aliphatic rings. The van der Waals surface area contributed by atoms with Gasteiger partial charge >= 0.3 is 0 Å². The lowest BCUT2D eigenvalue weighted by Gasteiger charge is -2.06. The van der Waals surface area contributed by atoms with Crippen molar-refractivity contribution in [2.24, 2.45) is 5.73 Å². The lowest BCUT2D eigenvalue weighted by Crippen LogP contribution is -1.99. The quantitative estimate of drug-likeness (QED) is 0.478. The Hall–Kier alpha value is -1.29. The molecule has 0 unspecified atom stereocenters. The predicted molar refractivity (Wildman–Crippen MR) is 108 cm³/mol. The maximum absolute atomic E-state index is 6.46. The summed E-state index contributed by atoms with van der Waals surface area (Å²) in [6.07, 6.45) is 4.15. The highest BCUT2D eigenvalue weighted by atomic mass is 79.9. The van der Waals surface area contributed by atoms with Crippen molar-refractivity contribution in [1.82, 2.24) is 4.98 Å². The highest BCUT2D eigenvalue weighted by molar-refractivity contribution is 9.10. The summed E-state index contributed by atoms with van der Waals surface area (Å²) in [7, 11) is 0. The van der Waals surface area contributed by atoms with E-state index in [-0.39, 0.29) is 0 Å². The summed E-state index contributed by atoms with van der Waals surface area (Å²) in [4.78, 5) is 3.56. The molecule has 3 N–H and O–H groups in total. The number of unbranched alkanes of at least 4 members (excludes halogenated alkanes) is 1. The first-order chi connectivity index (χ1) is 11.6. The number of aromatic nitrogens is 1. The third-order valence-corrected chi connectivity index (χ3v) is 5.22. The van der Waals surface area contributed by atoms with Crippen LogP contribution in [0.3, 0.4) is 0 Å². The van der Waals surface area contributed by atoms with Crippen molar-refractivity contribution in [3.05, 3.63) is 57.0 Å². The highest BCUT2D eigenvalue weighted by Gasteiger charge is 2.15. The van der Waals surface area contributed by atoms with Gasteiger partial charge in [-0.25, -0.2) is 0 Å². The third kappa shape index (κ3) is 3.53. The molecule has 1 aromatic heterocycles. The van der Waals surface area contributed by atoms with Crippen LogP contribution in [0.4, 0.5) is 0 Å². The molecule has 0 radical (unpaired) electrons. The van der Waals surface area contributed by atoms with Gasteiger partial charge in [0.25, 0.3) is 0 Å². The molecule has 4 heteroatoms. The van der Waals surface area contributed by atoms with E-state index in [1.54, 1.807) is 0 Å². The Balaban J connectivity index is 2.13. The monoisotopic (exact) mass is 404 g/mol. The van der Waals surface area contributed by atoms with Crippen LogP contribution < -0.4 is 5.73 Å². The van der Waals surface area contributed by atoms with Crippen LogP contribution in [-0.4, -0.2) is 11.5 Å². The molecule has 0 spiro atoms. The Morgan fingerprint density at radius 2 is 1.88 bits per heavy atom. The van der Waals surface area contributed by atoms with E-state index in [0.717, 1.165) is 47.2 Å². The molecule has 0 amide bonds. The van der Waals surface area contributed by atoms with Crippen LogP contribution in [0.2, 0.25) is 5.02 Å². The highest BCUT2D eigenvalue weighted by Crippen LogP contribution is 2.36. The molecule has 0 saturated carbocycles.